The molecule has 284 valence electrons. The molecule has 7 rings (SSSR count). The Hall–Kier alpha value is -5.07. The summed E-state index contributed by atoms with van der Waals surface area (Å²) in [5.41, 5.74) is 6.67. The van der Waals surface area contributed by atoms with Crippen LogP contribution in [0.1, 0.15) is 87.6 Å². The number of aromatic amines is 1. The van der Waals surface area contributed by atoms with E-state index in [-0.39, 0.29) is 24.3 Å². The molecule has 2 aliphatic rings. The molecule has 0 saturated carbocycles. The second kappa shape index (κ2) is 15.7. The van der Waals surface area contributed by atoms with Gasteiger partial charge in [0.2, 0.25) is 0 Å². The van der Waals surface area contributed by atoms with E-state index in [1.54, 1.807) is 12.0 Å². The van der Waals surface area contributed by atoms with E-state index < -0.39 is 5.60 Å². The van der Waals surface area contributed by atoms with Gasteiger partial charge < -0.3 is 29.0 Å². The van der Waals surface area contributed by atoms with Crippen LogP contribution in [0.5, 0.6) is 0 Å². The molecule has 0 bridgehead atoms. The van der Waals surface area contributed by atoms with Crippen LogP contribution >= 0.6 is 0 Å². The first-order valence-electron chi connectivity index (χ1n) is 19.1. The number of nitrogens with zero attached hydrogens (tertiary/aromatic N) is 6. The summed E-state index contributed by atoms with van der Waals surface area (Å²) >= 11 is 0. The number of amides is 2. The standard InChI is InChI=1S/C42H51N7O5/c1-7-47(41(51)54-42(3,4)5)25-30-23-43-24-33(27(30)2)29-18-19-34-32(22-29)37(46-49(34)35-17-11-12-21-53-35)39-44-36(28-14-9-8-10-15-28)38(45-39)40(50)48-20-13-16-31(48)26-52-6/h8-10,14-15,18-19,22-24,31,35H,7,11-13,16-17,20-21,25-26H2,1-6H3,(H,44,45). The number of rotatable bonds is 10. The highest BCUT2D eigenvalue weighted by Gasteiger charge is 2.33. The van der Waals surface area contributed by atoms with Crippen LogP contribution in [0.25, 0.3) is 44.8 Å². The molecule has 0 aliphatic carbocycles. The Kier molecular flexibility index (Phi) is 10.8. The molecule has 54 heavy (non-hydrogen) atoms. The Morgan fingerprint density at radius 2 is 1.83 bits per heavy atom. The van der Waals surface area contributed by atoms with E-state index in [9.17, 15) is 9.59 Å². The van der Waals surface area contributed by atoms with Crippen LogP contribution in [0.15, 0.2) is 60.9 Å². The molecule has 2 saturated heterocycles. The monoisotopic (exact) mass is 733 g/mol. The predicted molar refractivity (Wildman–Crippen MR) is 208 cm³/mol. The van der Waals surface area contributed by atoms with Gasteiger partial charge in [0, 0.05) is 55.7 Å². The molecule has 2 aromatic carbocycles. The lowest BCUT2D eigenvalue weighted by atomic mass is 9.97. The Bertz CT molecular complexity index is 2110. The van der Waals surface area contributed by atoms with E-state index in [1.807, 2.05) is 80.0 Å². The van der Waals surface area contributed by atoms with Gasteiger partial charge in [-0.15, -0.1) is 0 Å². The van der Waals surface area contributed by atoms with Crippen molar-refractivity contribution in [1.82, 2.24) is 34.5 Å². The zero-order chi connectivity index (χ0) is 38.0. The number of H-pyrrole nitrogens is 1. The molecule has 3 aromatic heterocycles. The molecule has 2 fully saturated rings. The second-order valence-corrected chi connectivity index (χ2v) is 15.2. The van der Waals surface area contributed by atoms with Gasteiger partial charge in [0.1, 0.15) is 22.7 Å². The number of aromatic nitrogens is 5. The lowest BCUT2D eigenvalue weighted by Gasteiger charge is -2.27. The third-order valence-corrected chi connectivity index (χ3v) is 10.3. The minimum Gasteiger partial charge on any atom is -0.444 e. The van der Waals surface area contributed by atoms with E-state index in [0.717, 1.165) is 70.8 Å². The summed E-state index contributed by atoms with van der Waals surface area (Å²) < 4.78 is 19.4. The number of likely N-dealkylation sites (tertiary alicyclic amines) is 1. The molecular formula is C42H51N7O5. The summed E-state index contributed by atoms with van der Waals surface area (Å²) in [6.07, 6.45) is 7.84. The van der Waals surface area contributed by atoms with Crippen molar-refractivity contribution < 1.29 is 23.8 Å². The average molecular weight is 734 g/mol. The van der Waals surface area contributed by atoms with Crippen molar-refractivity contribution in [2.24, 2.45) is 0 Å². The Balaban J connectivity index is 1.33. The average Bonchev–Trinajstić information content (AvgIpc) is 3.92. The van der Waals surface area contributed by atoms with Crippen molar-refractivity contribution in [1.29, 1.82) is 0 Å². The third-order valence-electron chi connectivity index (χ3n) is 10.3. The summed E-state index contributed by atoms with van der Waals surface area (Å²) in [5.74, 6) is 0.411. The van der Waals surface area contributed by atoms with Crippen molar-refractivity contribution in [3.63, 3.8) is 0 Å². The van der Waals surface area contributed by atoms with Crippen molar-refractivity contribution in [2.75, 3.05) is 33.4 Å². The topological polar surface area (TPSA) is 128 Å². The molecule has 12 heteroatoms. The Labute approximate surface area is 316 Å². The molecule has 1 N–H and O–H groups in total. The zero-order valence-corrected chi connectivity index (χ0v) is 32.2. The number of fused-ring (bicyclic) bond motifs is 1. The molecule has 2 atom stereocenters. The fraction of sp³-hybridized carbons (Fsp3) is 0.452. The van der Waals surface area contributed by atoms with Crippen molar-refractivity contribution in [3.05, 3.63) is 77.7 Å². The molecule has 12 nitrogen and oxygen atoms in total. The fourth-order valence-electron chi connectivity index (χ4n) is 7.53. The number of carbonyl (C=O) groups is 2. The van der Waals surface area contributed by atoms with Crippen LogP contribution < -0.4 is 0 Å². The molecular weight excluding hydrogens is 683 g/mol. The SMILES string of the molecule is CCN(Cc1cncc(-c2ccc3c(c2)c(-c2nc(-c4ccccc4)c(C(=O)N4CCCC4COC)[nH]2)nn3C2CCCCO2)c1C)C(=O)OC(C)(C)C. The van der Waals surface area contributed by atoms with E-state index >= 15 is 0 Å². The number of carbonyl (C=O) groups excluding carboxylic acids is 2. The van der Waals surface area contributed by atoms with E-state index in [4.69, 9.17) is 24.3 Å². The Morgan fingerprint density at radius 3 is 2.56 bits per heavy atom. The molecule has 2 aliphatic heterocycles. The summed E-state index contributed by atoms with van der Waals surface area (Å²) in [5, 5.41) is 6.06. The Morgan fingerprint density at radius 1 is 1.02 bits per heavy atom. The molecule has 0 radical (unpaired) electrons. The van der Waals surface area contributed by atoms with Gasteiger partial charge >= 0.3 is 6.09 Å². The minimum atomic E-state index is -0.593. The normalized spacial score (nSPS) is 17.6. The minimum absolute atomic E-state index is 0.00470. The van der Waals surface area contributed by atoms with Crippen LogP contribution in [-0.2, 0) is 20.8 Å². The van der Waals surface area contributed by atoms with Gasteiger partial charge in [-0.3, -0.25) is 9.78 Å². The first-order chi connectivity index (χ1) is 26.1. The van der Waals surface area contributed by atoms with E-state index in [0.29, 0.717) is 55.8 Å². The summed E-state index contributed by atoms with van der Waals surface area (Å²) in [6.45, 7) is 12.3. The first kappa shape index (κ1) is 37.3. The second-order valence-electron chi connectivity index (χ2n) is 15.2. The van der Waals surface area contributed by atoms with Crippen molar-refractivity contribution in [2.45, 2.75) is 91.1 Å². The van der Waals surface area contributed by atoms with Gasteiger partial charge in [0.05, 0.1) is 24.7 Å². The van der Waals surface area contributed by atoms with Crippen LogP contribution in [0.3, 0.4) is 0 Å². The predicted octanol–water partition coefficient (Wildman–Crippen LogP) is 8.17. The van der Waals surface area contributed by atoms with Gasteiger partial charge in [-0.25, -0.2) is 14.5 Å². The number of imidazole rings is 1. The highest BCUT2D eigenvalue weighted by molar-refractivity contribution is 6.01. The van der Waals surface area contributed by atoms with E-state index in [2.05, 4.69) is 35.1 Å². The van der Waals surface area contributed by atoms with Crippen LogP contribution in [0.2, 0.25) is 0 Å². The van der Waals surface area contributed by atoms with Crippen molar-refractivity contribution >= 4 is 22.9 Å². The van der Waals surface area contributed by atoms with Crippen molar-refractivity contribution in [3.8, 4) is 33.9 Å². The van der Waals surface area contributed by atoms with Gasteiger partial charge in [0.25, 0.3) is 5.91 Å². The molecule has 2 unspecified atom stereocenters. The lowest BCUT2D eigenvalue weighted by Crippen LogP contribution is -2.38. The smallest absolute Gasteiger partial charge is 0.410 e. The van der Waals surface area contributed by atoms with Gasteiger partial charge in [-0.05, 0) is 95.5 Å². The maximum atomic E-state index is 14.3. The molecule has 5 aromatic rings. The van der Waals surface area contributed by atoms with Gasteiger partial charge in [0.15, 0.2) is 12.1 Å². The maximum Gasteiger partial charge on any atom is 0.410 e. The number of ether oxygens (including phenoxy) is 3. The van der Waals surface area contributed by atoms with E-state index in [1.165, 1.54) is 0 Å². The first-order valence-corrected chi connectivity index (χ1v) is 19.1. The summed E-state index contributed by atoms with van der Waals surface area (Å²) in [6, 6.07) is 16.1. The molecule has 5 heterocycles. The third kappa shape index (κ3) is 7.63. The summed E-state index contributed by atoms with van der Waals surface area (Å²) in [4.78, 5) is 44.1. The van der Waals surface area contributed by atoms with Gasteiger partial charge in [-0.2, -0.15) is 5.10 Å². The number of benzene rings is 2. The quantitative estimate of drug-likeness (QED) is 0.152. The largest absolute Gasteiger partial charge is 0.444 e. The van der Waals surface area contributed by atoms with Crippen LogP contribution in [-0.4, -0.2) is 91.6 Å². The fourth-order valence-corrected chi connectivity index (χ4v) is 7.53. The molecule has 0 spiro atoms. The van der Waals surface area contributed by atoms with Crippen LogP contribution in [0.4, 0.5) is 4.79 Å². The number of nitrogens with one attached hydrogen (secondary N) is 1. The number of pyridine rings is 1. The van der Waals surface area contributed by atoms with Crippen LogP contribution in [0, 0.1) is 6.92 Å². The number of methoxy groups -OCH3 is 1. The highest BCUT2D eigenvalue weighted by Crippen LogP contribution is 2.37. The maximum absolute atomic E-state index is 14.3. The molecule has 2 amide bonds. The number of hydrogen-bond donors (Lipinski definition) is 1. The number of hydrogen-bond acceptors (Lipinski definition) is 8. The zero-order valence-electron chi connectivity index (χ0n) is 32.2. The van der Waals surface area contributed by atoms with Gasteiger partial charge in [-0.1, -0.05) is 36.4 Å². The summed E-state index contributed by atoms with van der Waals surface area (Å²) in [7, 11) is 1.67. The highest BCUT2D eigenvalue weighted by atomic mass is 16.6. The lowest BCUT2D eigenvalue weighted by molar-refractivity contribution is -0.0365.